The summed E-state index contributed by atoms with van der Waals surface area (Å²) >= 11 is 5.79. The standard InChI is InChI=1S/C16H18ClF3N4O2/c1-3-4-5-6-21-15(25)24-10(2)7-13(23-24)26-14-12(17)8-11(9-22-14)16(18,19)20/h7-9H,3-6H2,1-2H3,(H,21,25). The van der Waals surface area contributed by atoms with Gasteiger partial charge in [-0.2, -0.15) is 17.9 Å². The third kappa shape index (κ3) is 5.10. The minimum atomic E-state index is -4.55. The third-order valence-electron chi connectivity index (χ3n) is 3.45. The number of nitrogens with zero attached hydrogens (tertiary/aromatic N) is 3. The smallest absolute Gasteiger partial charge is 0.417 e. The first-order valence-electron chi connectivity index (χ1n) is 7.97. The molecule has 0 aliphatic carbocycles. The second kappa shape index (κ2) is 8.39. The van der Waals surface area contributed by atoms with E-state index in [0.717, 1.165) is 23.9 Å². The molecule has 0 saturated heterocycles. The van der Waals surface area contributed by atoms with Gasteiger partial charge in [0.1, 0.15) is 5.02 Å². The second-order valence-corrected chi connectivity index (χ2v) is 5.99. The number of amides is 1. The van der Waals surface area contributed by atoms with E-state index in [-0.39, 0.29) is 16.8 Å². The van der Waals surface area contributed by atoms with E-state index in [1.54, 1.807) is 6.92 Å². The molecule has 142 valence electrons. The van der Waals surface area contributed by atoms with Crippen molar-refractivity contribution in [1.82, 2.24) is 20.1 Å². The molecule has 26 heavy (non-hydrogen) atoms. The zero-order valence-electron chi connectivity index (χ0n) is 14.2. The maximum Gasteiger partial charge on any atom is 0.417 e. The number of pyridine rings is 1. The van der Waals surface area contributed by atoms with Crippen molar-refractivity contribution in [3.63, 3.8) is 0 Å². The number of nitrogens with one attached hydrogen (secondary N) is 1. The van der Waals surface area contributed by atoms with Crippen LogP contribution >= 0.6 is 11.6 Å². The molecule has 2 rings (SSSR count). The SMILES string of the molecule is CCCCCNC(=O)n1nc(Oc2ncc(C(F)(F)F)cc2Cl)cc1C. The number of alkyl halides is 3. The molecule has 6 nitrogen and oxygen atoms in total. The second-order valence-electron chi connectivity index (χ2n) is 5.59. The number of carbonyl (C=O) groups excluding carboxylic acids is 1. The van der Waals surface area contributed by atoms with Crippen LogP contribution in [0.25, 0.3) is 0 Å². The number of unbranched alkanes of at least 4 members (excludes halogenated alkanes) is 2. The lowest BCUT2D eigenvalue weighted by atomic mass is 10.2. The van der Waals surface area contributed by atoms with E-state index >= 15 is 0 Å². The van der Waals surface area contributed by atoms with Crippen molar-refractivity contribution >= 4 is 17.6 Å². The lowest BCUT2D eigenvalue weighted by molar-refractivity contribution is -0.137. The minimum absolute atomic E-state index is 0.000340. The number of aromatic nitrogens is 3. The normalized spacial score (nSPS) is 11.5. The number of halogens is 4. The fourth-order valence-electron chi connectivity index (χ4n) is 2.10. The molecule has 0 atom stereocenters. The zero-order valence-corrected chi connectivity index (χ0v) is 15.0. The molecule has 0 saturated carbocycles. The van der Waals surface area contributed by atoms with Crippen LogP contribution in [0.1, 0.15) is 37.4 Å². The van der Waals surface area contributed by atoms with Crippen LogP contribution in [0.4, 0.5) is 18.0 Å². The molecule has 10 heteroatoms. The van der Waals surface area contributed by atoms with E-state index in [2.05, 4.69) is 22.3 Å². The van der Waals surface area contributed by atoms with Crippen LogP contribution in [-0.4, -0.2) is 27.3 Å². The van der Waals surface area contributed by atoms with Gasteiger partial charge in [-0.3, -0.25) is 0 Å². The Balaban J connectivity index is 2.08. The van der Waals surface area contributed by atoms with Crippen LogP contribution in [0.5, 0.6) is 11.8 Å². The Kier molecular flexibility index (Phi) is 6.47. The number of hydrogen-bond acceptors (Lipinski definition) is 4. The van der Waals surface area contributed by atoms with Gasteiger partial charge in [0.25, 0.3) is 0 Å². The molecular weight excluding hydrogens is 373 g/mol. The number of hydrogen-bond donors (Lipinski definition) is 1. The highest BCUT2D eigenvalue weighted by atomic mass is 35.5. The zero-order chi connectivity index (χ0) is 19.3. The summed E-state index contributed by atoms with van der Waals surface area (Å²) in [5.74, 6) is -0.229. The molecule has 0 unspecified atom stereocenters. The number of rotatable bonds is 6. The molecule has 1 amide bonds. The average Bonchev–Trinajstić information content (AvgIpc) is 2.93. The van der Waals surface area contributed by atoms with Crippen molar-refractivity contribution in [2.75, 3.05) is 6.54 Å². The van der Waals surface area contributed by atoms with Crippen LogP contribution in [0, 0.1) is 6.92 Å². The Morgan fingerprint density at radius 2 is 2.08 bits per heavy atom. The van der Waals surface area contributed by atoms with Crippen molar-refractivity contribution in [1.29, 1.82) is 0 Å². The van der Waals surface area contributed by atoms with E-state index in [1.165, 1.54) is 6.07 Å². The summed E-state index contributed by atoms with van der Waals surface area (Å²) in [6, 6.07) is 1.76. The van der Waals surface area contributed by atoms with Gasteiger partial charge in [0.15, 0.2) is 0 Å². The van der Waals surface area contributed by atoms with Crippen LogP contribution in [0.3, 0.4) is 0 Å². The molecule has 0 radical (unpaired) electrons. The third-order valence-corrected chi connectivity index (χ3v) is 3.72. The largest absolute Gasteiger partial charge is 0.417 e. The van der Waals surface area contributed by atoms with Crippen LogP contribution < -0.4 is 10.1 Å². The predicted molar refractivity (Wildman–Crippen MR) is 89.6 cm³/mol. The highest BCUT2D eigenvalue weighted by Gasteiger charge is 2.32. The first-order chi connectivity index (χ1) is 12.2. The summed E-state index contributed by atoms with van der Waals surface area (Å²) in [4.78, 5) is 15.7. The molecule has 2 heterocycles. The van der Waals surface area contributed by atoms with Gasteiger partial charge < -0.3 is 10.1 Å². The van der Waals surface area contributed by atoms with Gasteiger partial charge in [0, 0.05) is 18.8 Å². The summed E-state index contributed by atoms with van der Waals surface area (Å²) in [6.07, 6.45) is -1.04. The lowest BCUT2D eigenvalue weighted by Crippen LogP contribution is -2.30. The van der Waals surface area contributed by atoms with Gasteiger partial charge in [-0.05, 0) is 19.4 Å². The monoisotopic (exact) mass is 390 g/mol. The summed E-state index contributed by atoms with van der Waals surface area (Å²) in [6.45, 7) is 4.23. The number of carbonyl (C=O) groups is 1. The van der Waals surface area contributed by atoms with Gasteiger partial charge in [-0.1, -0.05) is 31.4 Å². The highest BCUT2D eigenvalue weighted by molar-refractivity contribution is 6.31. The van der Waals surface area contributed by atoms with Crippen LogP contribution in [-0.2, 0) is 6.18 Å². The molecule has 0 bridgehead atoms. The van der Waals surface area contributed by atoms with E-state index < -0.39 is 17.8 Å². The molecular formula is C16H18ClF3N4O2. The molecule has 1 N–H and O–H groups in total. The van der Waals surface area contributed by atoms with Gasteiger partial charge in [0.05, 0.1) is 11.3 Å². The summed E-state index contributed by atoms with van der Waals surface area (Å²) in [5.41, 5.74) is -0.487. The Hall–Kier alpha value is -2.29. The van der Waals surface area contributed by atoms with Crippen molar-refractivity contribution in [3.05, 3.63) is 34.6 Å². The van der Waals surface area contributed by atoms with Gasteiger partial charge in [-0.25, -0.2) is 9.78 Å². The number of ether oxygens (including phenoxy) is 1. The fraction of sp³-hybridized carbons (Fsp3) is 0.438. The first kappa shape index (κ1) is 20.0. The van der Waals surface area contributed by atoms with Crippen LogP contribution in [0.15, 0.2) is 18.3 Å². The molecule has 0 aliphatic rings. The van der Waals surface area contributed by atoms with Gasteiger partial charge in [-0.15, -0.1) is 5.10 Å². The van der Waals surface area contributed by atoms with Gasteiger partial charge in [0.2, 0.25) is 11.8 Å². The van der Waals surface area contributed by atoms with E-state index in [4.69, 9.17) is 16.3 Å². The molecule has 0 spiro atoms. The topological polar surface area (TPSA) is 69.0 Å². The van der Waals surface area contributed by atoms with Gasteiger partial charge >= 0.3 is 12.2 Å². The first-order valence-corrected chi connectivity index (χ1v) is 8.35. The molecule has 0 aromatic carbocycles. The quantitative estimate of drug-likeness (QED) is 0.719. The minimum Gasteiger partial charge on any atom is -0.417 e. The Morgan fingerprint density at radius 3 is 2.69 bits per heavy atom. The average molecular weight is 391 g/mol. The van der Waals surface area contributed by atoms with E-state index in [1.807, 2.05) is 0 Å². The lowest BCUT2D eigenvalue weighted by Gasteiger charge is -2.08. The molecule has 2 aromatic rings. The summed E-state index contributed by atoms with van der Waals surface area (Å²) in [7, 11) is 0. The summed E-state index contributed by atoms with van der Waals surface area (Å²) in [5, 5.41) is 6.40. The van der Waals surface area contributed by atoms with Crippen molar-refractivity contribution in [3.8, 4) is 11.8 Å². The Morgan fingerprint density at radius 1 is 1.35 bits per heavy atom. The predicted octanol–water partition coefficient (Wildman–Crippen LogP) is 4.80. The maximum atomic E-state index is 12.6. The van der Waals surface area contributed by atoms with E-state index in [0.29, 0.717) is 24.5 Å². The Bertz CT molecular complexity index is 777. The Labute approximate surface area is 153 Å². The highest BCUT2D eigenvalue weighted by Crippen LogP contribution is 2.34. The summed E-state index contributed by atoms with van der Waals surface area (Å²) < 4.78 is 44.3. The number of aryl methyl sites for hydroxylation is 1. The van der Waals surface area contributed by atoms with E-state index in [9.17, 15) is 18.0 Å². The van der Waals surface area contributed by atoms with Crippen molar-refractivity contribution in [2.45, 2.75) is 39.3 Å². The molecule has 2 aromatic heterocycles. The maximum absolute atomic E-state index is 12.6. The fourth-order valence-corrected chi connectivity index (χ4v) is 2.31. The van der Waals surface area contributed by atoms with Crippen molar-refractivity contribution in [2.24, 2.45) is 0 Å². The van der Waals surface area contributed by atoms with Crippen LogP contribution in [0.2, 0.25) is 5.02 Å². The molecule has 0 aliphatic heterocycles. The molecule has 0 fully saturated rings. The van der Waals surface area contributed by atoms with Crippen molar-refractivity contribution < 1.29 is 22.7 Å².